The third-order valence-electron chi connectivity index (χ3n) is 7.46. The third kappa shape index (κ3) is 4.91. The van der Waals surface area contributed by atoms with Crippen molar-refractivity contribution >= 4 is 55.6 Å². The Morgan fingerprint density at radius 1 is 1.13 bits per heavy atom. The van der Waals surface area contributed by atoms with Crippen LogP contribution < -0.4 is 5.32 Å². The lowest BCUT2D eigenvalue weighted by Crippen LogP contribution is -2.52. The minimum Gasteiger partial charge on any atom is -0.387 e. The number of aliphatic hydroxyl groups is 1. The molecule has 4 aromatic rings. The number of hydrogen-bond acceptors (Lipinski definition) is 8. The van der Waals surface area contributed by atoms with Gasteiger partial charge in [-0.1, -0.05) is 6.07 Å². The third-order valence-corrected chi connectivity index (χ3v) is 8.05. The zero-order valence-electron chi connectivity index (χ0n) is 20.9. The Labute approximate surface area is 231 Å². The molecule has 1 saturated heterocycles. The van der Waals surface area contributed by atoms with Gasteiger partial charge < -0.3 is 20.2 Å². The van der Waals surface area contributed by atoms with E-state index < -0.39 is 12.4 Å². The summed E-state index contributed by atoms with van der Waals surface area (Å²) in [6, 6.07) is 6.77. The van der Waals surface area contributed by atoms with Crippen molar-refractivity contribution in [2.75, 3.05) is 38.1 Å². The Morgan fingerprint density at radius 3 is 2.72 bits per heavy atom. The van der Waals surface area contributed by atoms with Crippen LogP contribution in [0.3, 0.4) is 0 Å². The van der Waals surface area contributed by atoms with Gasteiger partial charge in [-0.05, 0) is 47.3 Å². The van der Waals surface area contributed by atoms with Crippen molar-refractivity contribution in [3.63, 3.8) is 0 Å². The fraction of sp³-hybridized carbons (Fsp3) is 0.385. The molecule has 2 atom stereocenters. The number of carbonyl (C=O) groups excluding carboxylic acids is 2. The van der Waals surface area contributed by atoms with Gasteiger partial charge >= 0.3 is 0 Å². The molecule has 2 fully saturated rings. The SMILES string of the molecule is O=C(CO)N1CCN(C(=O)[C@@H]2CC[C@@H](Nc3ncc4c(Br)nn(-c5cc(F)c6ncccc6c5)c4n3)C2)CC1. The van der Waals surface area contributed by atoms with E-state index in [2.05, 4.69) is 36.3 Å². The van der Waals surface area contributed by atoms with E-state index in [4.69, 9.17) is 10.1 Å². The molecule has 2 aliphatic rings. The van der Waals surface area contributed by atoms with E-state index >= 15 is 0 Å². The molecule has 0 bridgehead atoms. The summed E-state index contributed by atoms with van der Waals surface area (Å²) in [5.41, 5.74) is 1.32. The number of halogens is 2. The summed E-state index contributed by atoms with van der Waals surface area (Å²) >= 11 is 3.46. The van der Waals surface area contributed by atoms with Crippen LogP contribution in [0.5, 0.6) is 0 Å². The van der Waals surface area contributed by atoms with Crippen molar-refractivity contribution in [3.05, 3.63) is 47.1 Å². The van der Waals surface area contributed by atoms with E-state index in [0.717, 1.165) is 12.8 Å². The first-order valence-corrected chi connectivity index (χ1v) is 13.6. The second-order valence-corrected chi connectivity index (χ2v) is 10.6. The van der Waals surface area contributed by atoms with Crippen molar-refractivity contribution in [2.24, 2.45) is 5.92 Å². The lowest BCUT2D eigenvalue weighted by Gasteiger charge is -2.35. The number of benzene rings is 1. The second kappa shape index (κ2) is 10.5. The largest absolute Gasteiger partial charge is 0.387 e. The fourth-order valence-corrected chi connectivity index (χ4v) is 5.87. The molecule has 0 spiro atoms. The average molecular weight is 597 g/mol. The van der Waals surface area contributed by atoms with E-state index in [1.165, 1.54) is 6.07 Å². The van der Waals surface area contributed by atoms with Crippen LogP contribution in [0.15, 0.2) is 41.3 Å². The van der Waals surface area contributed by atoms with Crippen LogP contribution >= 0.6 is 15.9 Å². The van der Waals surface area contributed by atoms with Crippen LogP contribution in [0.1, 0.15) is 19.3 Å². The summed E-state index contributed by atoms with van der Waals surface area (Å²) in [6.45, 7) is 1.32. The van der Waals surface area contributed by atoms with Gasteiger partial charge in [0, 0.05) is 62.0 Å². The van der Waals surface area contributed by atoms with E-state index in [1.807, 2.05) is 11.0 Å². The quantitative estimate of drug-likeness (QED) is 0.359. The Morgan fingerprint density at radius 2 is 1.92 bits per heavy atom. The summed E-state index contributed by atoms with van der Waals surface area (Å²) < 4.78 is 16.9. The zero-order valence-corrected chi connectivity index (χ0v) is 22.5. The Kier molecular flexibility index (Phi) is 6.85. The molecule has 1 aliphatic heterocycles. The molecule has 4 heterocycles. The topological polar surface area (TPSA) is 129 Å². The van der Waals surface area contributed by atoms with Crippen LogP contribution in [0.25, 0.3) is 27.6 Å². The number of fused-ring (bicyclic) bond motifs is 2. The molecule has 1 saturated carbocycles. The molecule has 1 aromatic carbocycles. The molecule has 3 aromatic heterocycles. The molecule has 13 heteroatoms. The molecular formula is C26H26BrFN8O3. The predicted molar refractivity (Wildman–Crippen MR) is 145 cm³/mol. The molecule has 0 unspecified atom stereocenters. The van der Waals surface area contributed by atoms with Crippen molar-refractivity contribution in [1.82, 2.24) is 34.5 Å². The van der Waals surface area contributed by atoms with Gasteiger partial charge in [-0.2, -0.15) is 10.1 Å². The van der Waals surface area contributed by atoms with E-state index in [1.54, 1.807) is 34.1 Å². The molecule has 2 N–H and O–H groups in total. The van der Waals surface area contributed by atoms with Gasteiger partial charge in [-0.15, -0.1) is 0 Å². The van der Waals surface area contributed by atoms with Crippen molar-refractivity contribution < 1.29 is 19.1 Å². The number of piperazine rings is 1. The first kappa shape index (κ1) is 25.6. The van der Waals surface area contributed by atoms with E-state index in [9.17, 15) is 14.0 Å². The Hall–Kier alpha value is -3.71. The molecule has 6 rings (SSSR count). The summed E-state index contributed by atoms with van der Waals surface area (Å²) in [5.74, 6) is -0.353. The Bertz CT molecular complexity index is 1570. The normalized spacial score (nSPS) is 19.7. The average Bonchev–Trinajstić information content (AvgIpc) is 3.56. The summed E-state index contributed by atoms with van der Waals surface area (Å²) in [6.07, 6.45) is 5.43. The second-order valence-electron chi connectivity index (χ2n) is 9.85. The van der Waals surface area contributed by atoms with E-state index in [-0.39, 0.29) is 23.8 Å². The molecule has 1 aliphatic carbocycles. The number of nitrogens with zero attached hydrogens (tertiary/aromatic N) is 7. The van der Waals surface area contributed by atoms with Crippen molar-refractivity contribution in [2.45, 2.75) is 25.3 Å². The van der Waals surface area contributed by atoms with Crippen molar-refractivity contribution in [1.29, 1.82) is 0 Å². The smallest absolute Gasteiger partial charge is 0.248 e. The molecule has 39 heavy (non-hydrogen) atoms. The van der Waals surface area contributed by atoms with Gasteiger partial charge in [0.25, 0.3) is 0 Å². The van der Waals surface area contributed by atoms with Gasteiger partial charge in [-0.25, -0.2) is 14.1 Å². The number of hydrogen-bond donors (Lipinski definition) is 2. The summed E-state index contributed by atoms with van der Waals surface area (Å²) in [4.78, 5) is 41.5. The van der Waals surface area contributed by atoms with Gasteiger partial charge in [-0.3, -0.25) is 14.6 Å². The maximum Gasteiger partial charge on any atom is 0.248 e. The number of anilines is 1. The highest BCUT2D eigenvalue weighted by Gasteiger charge is 2.34. The number of rotatable bonds is 5. The standard InChI is InChI=1S/C26H26BrFN8O3/c27-23-19-13-30-26(32-24(19)36(33-23)18-11-15-2-1-5-29-22(15)20(28)12-18)31-17-4-3-16(10-17)25(39)35-8-6-34(7-9-35)21(38)14-37/h1-2,5,11-13,16-17,37H,3-4,6-10,14H2,(H,30,31,32)/t16-,17-/m1/s1. The van der Waals surface area contributed by atoms with Crippen LogP contribution in [-0.2, 0) is 9.59 Å². The first-order chi connectivity index (χ1) is 18.9. The molecular weight excluding hydrogens is 571 g/mol. The maximum absolute atomic E-state index is 14.8. The van der Waals surface area contributed by atoms with Crippen LogP contribution in [0.2, 0.25) is 0 Å². The lowest BCUT2D eigenvalue weighted by atomic mass is 10.1. The fourth-order valence-electron chi connectivity index (χ4n) is 5.43. The van der Waals surface area contributed by atoms with Gasteiger partial charge in [0.2, 0.25) is 17.8 Å². The maximum atomic E-state index is 14.8. The number of amides is 2. The first-order valence-electron chi connectivity index (χ1n) is 12.8. The number of aromatic nitrogens is 5. The molecule has 0 radical (unpaired) electrons. The van der Waals surface area contributed by atoms with Gasteiger partial charge in [0.15, 0.2) is 11.5 Å². The van der Waals surface area contributed by atoms with Gasteiger partial charge in [0.1, 0.15) is 16.7 Å². The highest BCUT2D eigenvalue weighted by Crippen LogP contribution is 2.31. The molecule has 202 valence electrons. The highest BCUT2D eigenvalue weighted by molar-refractivity contribution is 9.10. The monoisotopic (exact) mass is 596 g/mol. The molecule has 2 amide bonds. The summed E-state index contributed by atoms with van der Waals surface area (Å²) in [7, 11) is 0. The van der Waals surface area contributed by atoms with Crippen molar-refractivity contribution in [3.8, 4) is 5.69 Å². The van der Waals surface area contributed by atoms with E-state index in [0.29, 0.717) is 70.8 Å². The summed E-state index contributed by atoms with van der Waals surface area (Å²) in [5, 5.41) is 18.3. The lowest BCUT2D eigenvalue weighted by molar-refractivity contribution is -0.143. The van der Waals surface area contributed by atoms with Crippen LogP contribution in [0, 0.1) is 11.7 Å². The minimum atomic E-state index is -0.508. The molecule has 11 nitrogen and oxygen atoms in total. The van der Waals surface area contributed by atoms with Crippen LogP contribution in [-0.4, -0.2) is 90.3 Å². The number of aliphatic hydroxyl groups excluding tert-OH is 1. The highest BCUT2D eigenvalue weighted by atomic mass is 79.9. The predicted octanol–water partition coefficient (Wildman–Crippen LogP) is 2.51. The zero-order chi connectivity index (χ0) is 27.1. The Balaban J connectivity index is 1.17. The number of nitrogens with one attached hydrogen (secondary N) is 1. The minimum absolute atomic E-state index is 0.0256. The number of carbonyl (C=O) groups is 2. The number of pyridine rings is 1. The van der Waals surface area contributed by atoms with Crippen LogP contribution in [0.4, 0.5) is 10.3 Å². The van der Waals surface area contributed by atoms with Gasteiger partial charge in [0.05, 0.1) is 11.1 Å².